The highest BCUT2D eigenvalue weighted by atomic mass is 16.2. The number of hydrogen-bond donors (Lipinski definition) is 3. The number of carbonyl (C=O) groups is 2. The molecule has 0 radical (unpaired) electrons. The number of nitrogen functional groups attached to an aromatic ring is 1. The maximum Gasteiger partial charge on any atom is 0.278 e. The van der Waals surface area contributed by atoms with Gasteiger partial charge in [-0.2, -0.15) is 0 Å². The monoisotopic (exact) mass is 297 g/mol. The second-order valence-electron chi connectivity index (χ2n) is 5.03. The lowest BCUT2D eigenvalue weighted by atomic mass is 10.0. The zero-order chi connectivity index (χ0) is 15.5. The molecule has 1 aliphatic heterocycles. The number of anilines is 2. The first kappa shape index (κ1) is 14.0. The van der Waals surface area contributed by atoms with Gasteiger partial charge in [-0.3, -0.25) is 9.59 Å². The molecular weight excluding hydrogens is 282 g/mol. The summed E-state index contributed by atoms with van der Waals surface area (Å²) in [4.78, 5) is 31.2. The fourth-order valence-electron chi connectivity index (χ4n) is 2.41. The second kappa shape index (κ2) is 5.80. The highest BCUT2D eigenvalue weighted by Gasteiger charge is 2.22. The molecular formula is C15H15N5O2. The summed E-state index contributed by atoms with van der Waals surface area (Å²) >= 11 is 0. The van der Waals surface area contributed by atoms with Crippen molar-refractivity contribution in [2.75, 3.05) is 11.1 Å². The minimum atomic E-state index is -0.418. The van der Waals surface area contributed by atoms with Gasteiger partial charge >= 0.3 is 0 Å². The Morgan fingerprint density at radius 2 is 2.14 bits per heavy atom. The van der Waals surface area contributed by atoms with Gasteiger partial charge < -0.3 is 16.4 Å². The minimum absolute atomic E-state index is 0.00839. The standard InChI is InChI=1S/C15H15N5O2/c16-14-13(17-6-7-18-14)15(22)19-10-3-1-2-9(8-10)11-4-5-12(21)20-11/h1-3,6-8,11H,4-5H2,(H2,16,18)(H,19,22)(H,20,21). The lowest BCUT2D eigenvalue weighted by Crippen LogP contribution is -2.19. The maximum absolute atomic E-state index is 12.2. The Morgan fingerprint density at radius 1 is 1.32 bits per heavy atom. The number of carbonyl (C=O) groups excluding carboxylic acids is 2. The molecule has 0 saturated carbocycles. The third-order valence-electron chi connectivity index (χ3n) is 3.48. The van der Waals surface area contributed by atoms with E-state index < -0.39 is 5.91 Å². The Balaban J connectivity index is 1.77. The van der Waals surface area contributed by atoms with Crippen molar-refractivity contribution in [3.05, 3.63) is 47.9 Å². The van der Waals surface area contributed by atoms with Gasteiger partial charge in [0.2, 0.25) is 5.91 Å². The zero-order valence-electron chi connectivity index (χ0n) is 11.7. The molecule has 0 bridgehead atoms. The van der Waals surface area contributed by atoms with Crippen LogP contribution < -0.4 is 16.4 Å². The molecule has 3 rings (SSSR count). The van der Waals surface area contributed by atoms with Crippen LogP contribution in [0.15, 0.2) is 36.7 Å². The summed E-state index contributed by atoms with van der Waals surface area (Å²) < 4.78 is 0. The van der Waals surface area contributed by atoms with Crippen LogP contribution in [0.1, 0.15) is 34.9 Å². The molecule has 1 saturated heterocycles. The maximum atomic E-state index is 12.2. The van der Waals surface area contributed by atoms with Crippen LogP contribution in [0.3, 0.4) is 0 Å². The predicted molar refractivity (Wildman–Crippen MR) is 81.0 cm³/mol. The second-order valence-corrected chi connectivity index (χ2v) is 5.03. The average Bonchev–Trinajstić information content (AvgIpc) is 2.94. The van der Waals surface area contributed by atoms with Gasteiger partial charge in [0.15, 0.2) is 11.5 Å². The number of amides is 2. The average molecular weight is 297 g/mol. The van der Waals surface area contributed by atoms with Crippen molar-refractivity contribution in [2.24, 2.45) is 0 Å². The fourth-order valence-corrected chi connectivity index (χ4v) is 2.41. The zero-order valence-corrected chi connectivity index (χ0v) is 11.7. The Morgan fingerprint density at radius 3 is 2.86 bits per heavy atom. The van der Waals surface area contributed by atoms with E-state index in [9.17, 15) is 9.59 Å². The van der Waals surface area contributed by atoms with Gasteiger partial charge in [0.1, 0.15) is 0 Å². The number of hydrogen-bond acceptors (Lipinski definition) is 5. The number of nitrogens with two attached hydrogens (primary N) is 1. The number of benzene rings is 1. The number of nitrogens with zero attached hydrogens (tertiary/aromatic N) is 2. The summed E-state index contributed by atoms with van der Waals surface area (Å²) in [5.41, 5.74) is 7.30. The molecule has 2 heterocycles. The van der Waals surface area contributed by atoms with Crippen molar-refractivity contribution in [1.82, 2.24) is 15.3 Å². The molecule has 1 aromatic heterocycles. The first-order valence-electron chi connectivity index (χ1n) is 6.90. The van der Waals surface area contributed by atoms with Crippen molar-refractivity contribution in [1.29, 1.82) is 0 Å². The van der Waals surface area contributed by atoms with Gasteiger partial charge in [0, 0.05) is 24.5 Å². The van der Waals surface area contributed by atoms with Gasteiger partial charge in [0.05, 0.1) is 6.04 Å². The highest BCUT2D eigenvalue weighted by Crippen LogP contribution is 2.25. The van der Waals surface area contributed by atoms with E-state index in [1.807, 2.05) is 18.2 Å². The van der Waals surface area contributed by atoms with Crippen LogP contribution in [0, 0.1) is 0 Å². The summed E-state index contributed by atoms with van der Waals surface area (Å²) in [6, 6.07) is 7.34. The van der Waals surface area contributed by atoms with Crippen molar-refractivity contribution >= 4 is 23.3 Å². The van der Waals surface area contributed by atoms with Crippen LogP contribution >= 0.6 is 0 Å². The summed E-state index contributed by atoms with van der Waals surface area (Å²) in [6.45, 7) is 0. The number of rotatable bonds is 3. The quantitative estimate of drug-likeness (QED) is 0.790. The van der Waals surface area contributed by atoms with Crippen LogP contribution in [-0.4, -0.2) is 21.8 Å². The first-order chi connectivity index (χ1) is 10.6. The molecule has 22 heavy (non-hydrogen) atoms. The molecule has 1 aromatic carbocycles. The topological polar surface area (TPSA) is 110 Å². The highest BCUT2D eigenvalue weighted by molar-refractivity contribution is 6.05. The third kappa shape index (κ3) is 2.88. The molecule has 0 aliphatic carbocycles. The molecule has 2 aromatic rings. The Kier molecular flexibility index (Phi) is 3.69. The van der Waals surface area contributed by atoms with Gasteiger partial charge in [-0.25, -0.2) is 9.97 Å². The molecule has 2 amide bonds. The number of aromatic nitrogens is 2. The van der Waals surface area contributed by atoms with Crippen LogP contribution in [0.2, 0.25) is 0 Å². The fraction of sp³-hybridized carbons (Fsp3) is 0.200. The van der Waals surface area contributed by atoms with E-state index >= 15 is 0 Å². The molecule has 7 nitrogen and oxygen atoms in total. The van der Waals surface area contributed by atoms with Crippen molar-refractivity contribution < 1.29 is 9.59 Å². The number of nitrogens with one attached hydrogen (secondary N) is 2. The van der Waals surface area contributed by atoms with E-state index in [0.29, 0.717) is 12.1 Å². The molecule has 1 unspecified atom stereocenters. The largest absolute Gasteiger partial charge is 0.382 e. The molecule has 1 atom stereocenters. The lowest BCUT2D eigenvalue weighted by molar-refractivity contribution is -0.119. The van der Waals surface area contributed by atoms with Gasteiger partial charge in [-0.05, 0) is 24.1 Å². The van der Waals surface area contributed by atoms with E-state index in [1.165, 1.54) is 12.4 Å². The van der Waals surface area contributed by atoms with Gasteiger partial charge in [0.25, 0.3) is 5.91 Å². The minimum Gasteiger partial charge on any atom is -0.382 e. The van der Waals surface area contributed by atoms with E-state index in [1.54, 1.807) is 6.07 Å². The molecule has 0 spiro atoms. The van der Waals surface area contributed by atoms with Crippen LogP contribution in [0.25, 0.3) is 0 Å². The Labute approximate surface area is 127 Å². The summed E-state index contributed by atoms with van der Waals surface area (Å²) in [7, 11) is 0. The van der Waals surface area contributed by atoms with Gasteiger partial charge in [-0.1, -0.05) is 12.1 Å². The first-order valence-corrected chi connectivity index (χ1v) is 6.90. The molecule has 7 heteroatoms. The molecule has 1 fully saturated rings. The van der Waals surface area contributed by atoms with Crippen LogP contribution in [0.5, 0.6) is 0 Å². The molecule has 112 valence electrons. The molecule has 1 aliphatic rings. The molecule has 4 N–H and O–H groups in total. The van der Waals surface area contributed by atoms with Crippen LogP contribution in [0.4, 0.5) is 11.5 Å². The lowest BCUT2D eigenvalue weighted by Gasteiger charge is -2.12. The summed E-state index contributed by atoms with van der Waals surface area (Å²) in [5.74, 6) is -0.288. The van der Waals surface area contributed by atoms with E-state index in [2.05, 4.69) is 20.6 Å². The third-order valence-corrected chi connectivity index (χ3v) is 3.48. The normalized spacial score (nSPS) is 17.1. The van der Waals surface area contributed by atoms with Crippen LogP contribution in [-0.2, 0) is 4.79 Å². The Hall–Kier alpha value is -2.96. The van der Waals surface area contributed by atoms with Crippen molar-refractivity contribution in [3.63, 3.8) is 0 Å². The summed E-state index contributed by atoms with van der Waals surface area (Å²) in [6.07, 6.45) is 4.12. The van der Waals surface area contributed by atoms with E-state index in [4.69, 9.17) is 5.73 Å². The smallest absolute Gasteiger partial charge is 0.278 e. The van der Waals surface area contributed by atoms with E-state index in [0.717, 1.165) is 12.0 Å². The SMILES string of the molecule is Nc1nccnc1C(=O)Nc1cccc(C2CCC(=O)N2)c1. The summed E-state index contributed by atoms with van der Waals surface area (Å²) in [5, 5.41) is 5.64. The Bertz CT molecular complexity index is 731. The van der Waals surface area contributed by atoms with Crippen molar-refractivity contribution in [2.45, 2.75) is 18.9 Å². The predicted octanol–water partition coefficient (Wildman–Crippen LogP) is 1.26. The van der Waals surface area contributed by atoms with Crippen molar-refractivity contribution in [3.8, 4) is 0 Å². The van der Waals surface area contributed by atoms with E-state index in [-0.39, 0.29) is 23.5 Å². The van der Waals surface area contributed by atoms with Gasteiger partial charge in [-0.15, -0.1) is 0 Å².